The van der Waals surface area contributed by atoms with E-state index in [0.717, 1.165) is 6.07 Å². The van der Waals surface area contributed by atoms with Crippen LogP contribution in [-0.2, 0) is 5.75 Å². The van der Waals surface area contributed by atoms with Crippen LogP contribution in [0, 0.1) is 5.82 Å². The van der Waals surface area contributed by atoms with Crippen LogP contribution in [-0.4, -0.2) is 15.9 Å². The number of benzene rings is 1. The first kappa shape index (κ1) is 14.8. The van der Waals surface area contributed by atoms with Crippen molar-refractivity contribution in [1.82, 2.24) is 4.98 Å². The Balaban J connectivity index is 2.21. The van der Waals surface area contributed by atoms with E-state index in [2.05, 4.69) is 4.98 Å². The fraction of sp³-hybridized carbons (Fsp3) is 0.143. The van der Waals surface area contributed by atoms with Crippen molar-refractivity contribution in [3.63, 3.8) is 0 Å². The SMILES string of the molecule is CC(=O)c1cc(F)cc(CSc2ccc(Cl)cn2)c1O. The highest BCUT2D eigenvalue weighted by Crippen LogP contribution is 2.30. The van der Waals surface area contributed by atoms with Gasteiger partial charge in [0.15, 0.2) is 5.78 Å². The maximum Gasteiger partial charge on any atom is 0.163 e. The number of aromatic hydroxyl groups is 1. The molecule has 0 aliphatic rings. The molecule has 1 aromatic carbocycles. The van der Waals surface area contributed by atoms with Crippen LogP contribution in [0.15, 0.2) is 35.5 Å². The van der Waals surface area contributed by atoms with Crippen LogP contribution in [0.2, 0.25) is 5.02 Å². The number of Topliss-reactive ketones (excluding diaryl/α,β-unsaturated/α-hetero) is 1. The van der Waals surface area contributed by atoms with Gasteiger partial charge in [0.25, 0.3) is 0 Å². The molecule has 6 heteroatoms. The lowest BCUT2D eigenvalue weighted by Crippen LogP contribution is -1.97. The number of nitrogens with zero attached hydrogens (tertiary/aromatic N) is 1. The van der Waals surface area contributed by atoms with E-state index in [1.165, 1.54) is 30.9 Å². The number of carbonyl (C=O) groups is 1. The minimum absolute atomic E-state index is 0.00957. The third-order valence-electron chi connectivity index (χ3n) is 2.61. The number of hydrogen-bond acceptors (Lipinski definition) is 4. The van der Waals surface area contributed by atoms with Gasteiger partial charge in [-0.3, -0.25) is 4.79 Å². The monoisotopic (exact) mass is 311 g/mol. The summed E-state index contributed by atoms with van der Waals surface area (Å²) in [5, 5.41) is 11.2. The van der Waals surface area contributed by atoms with E-state index in [1.54, 1.807) is 12.1 Å². The third kappa shape index (κ3) is 3.49. The molecule has 0 bridgehead atoms. The average molecular weight is 312 g/mol. The molecular formula is C14H11ClFNO2S. The van der Waals surface area contributed by atoms with Gasteiger partial charge in [-0.05, 0) is 31.2 Å². The second-order valence-corrected chi connectivity index (χ2v) is 5.55. The molecule has 1 aromatic heterocycles. The number of pyridine rings is 1. The van der Waals surface area contributed by atoms with Gasteiger partial charge in [0.05, 0.1) is 15.6 Å². The van der Waals surface area contributed by atoms with Crippen molar-refractivity contribution in [2.75, 3.05) is 0 Å². The van der Waals surface area contributed by atoms with Gasteiger partial charge in [0.1, 0.15) is 11.6 Å². The zero-order valence-corrected chi connectivity index (χ0v) is 12.1. The predicted molar refractivity (Wildman–Crippen MR) is 76.9 cm³/mol. The maximum absolute atomic E-state index is 13.4. The van der Waals surface area contributed by atoms with Crippen LogP contribution in [0.5, 0.6) is 5.75 Å². The highest BCUT2D eigenvalue weighted by molar-refractivity contribution is 7.98. The molecular weight excluding hydrogens is 301 g/mol. The molecule has 0 amide bonds. The Morgan fingerprint density at radius 3 is 2.80 bits per heavy atom. The molecule has 1 heterocycles. The number of phenolic OH excluding ortho intramolecular Hbond substituents is 1. The molecule has 0 aliphatic heterocycles. The van der Waals surface area contributed by atoms with E-state index in [4.69, 9.17) is 11.6 Å². The standard InChI is InChI=1S/C14H11ClFNO2S/c1-8(18)12-5-11(16)4-9(14(12)19)7-20-13-3-2-10(15)6-17-13/h2-6,19H,7H2,1H3. The first-order valence-corrected chi connectivity index (χ1v) is 7.10. The Labute approximate surface area is 124 Å². The van der Waals surface area contributed by atoms with Gasteiger partial charge in [-0.1, -0.05) is 11.6 Å². The Morgan fingerprint density at radius 1 is 1.45 bits per heavy atom. The van der Waals surface area contributed by atoms with E-state index in [0.29, 0.717) is 21.4 Å². The number of carbonyl (C=O) groups excluding carboxylic acids is 1. The first-order valence-electron chi connectivity index (χ1n) is 5.74. The van der Waals surface area contributed by atoms with E-state index >= 15 is 0 Å². The normalized spacial score (nSPS) is 10.6. The highest BCUT2D eigenvalue weighted by Gasteiger charge is 2.14. The molecule has 2 aromatic rings. The zero-order chi connectivity index (χ0) is 14.7. The summed E-state index contributed by atoms with van der Waals surface area (Å²) >= 11 is 7.05. The van der Waals surface area contributed by atoms with Crippen molar-refractivity contribution < 1.29 is 14.3 Å². The van der Waals surface area contributed by atoms with Crippen LogP contribution in [0.3, 0.4) is 0 Å². The minimum atomic E-state index is -0.548. The Hall–Kier alpha value is -1.59. The van der Waals surface area contributed by atoms with Gasteiger partial charge >= 0.3 is 0 Å². The van der Waals surface area contributed by atoms with E-state index in [1.807, 2.05) is 0 Å². The van der Waals surface area contributed by atoms with Gasteiger partial charge in [0, 0.05) is 17.5 Å². The van der Waals surface area contributed by atoms with Crippen molar-refractivity contribution >= 4 is 29.1 Å². The summed E-state index contributed by atoms with van der Waals surface area (Å²) < 4.78 is 13.4. The number of thioether (sulfide) groups is 1. The molecule has 0 unspecified atom stereocenters. The lowest BCUT2D eigenvalue weighted by atomic mass is 10.1. The number of ketones is 1. The highest BCUT2D eigenvalue weighted by atomic mass is 35.5. The maximum atomic E-state index is 13.4. The Morgan fingerprint density at radius 2 is 2.20 bits per heavy atom. The molecule has 0 radical (unpaired) electrons. The van der Waals surface area contributed by atoms with Gasteiger partial charge in [0.2, 0.25) is 0 Å². The summed E-state index contributed by atoms with van der Waals surface area (Å²) in [4.78, 5) is 15.4. The van der Waals surface area contributed by atoms with Crippen molar-refractivity contribution in [2.24, 2.45) is 0 Å². The molecule has 1 N–H and O–H groups in total. The van der Waals surface area contributed by atoms with Crippen LogP contribution in [0.1, 0.15) is 22.8 Å². The van der Waals surface area contributed by atoms with Crippen LogP contribution >= 0.6 is 23.4 Å². The smallest absolute Gasteiger partial charge is 0.163 e. The summed E-state index contributed by atoms with van der Waals surface area (Å²) in [6.07, 6.45) is 1.51. The zero-order valence-electron chi connectivity index (χ0n) is 10.6. The van der Waals surface area contributed by atoms with E-state index < -0.39 is 5.82 Å². The van der Waals surface area contributed by atoms with E-state index in [-0.39, 0.29) is 17.1 Å². The lowest BCUT2D eigenvalue weighted by molar-refractivity contribution is 0.101. The second-order valence-electron chi connectivity index (χ2n) is 4.12. The second kappa shape index (κ2) is 6.24. The van der Waals surface area contributed by atoms with Crippen LogP contribution < -0.4 is 0 Å². The fourth-order valence-electron chi connectivity index (χ4n) is 1.63. The van der Waals surface area contributed by atoms with Gasteiger partial charge < -0.3 is 5.11 Å². The number of halogens is 2. The summed E-state index contributed by atoms with van der Waals surface area (Å²) in [7, 11) is 0. The summed E-state index contributed by atoms with van der Waals surface area (Å²) in [6.45, 7) is 1.28. The largest absolute Gasteiger partial charge is 0.507 e. The summed E-state index contributed by atoms with van der Waals surface area (Å²) in [5.41, 5.74) is 0.349. The number of aromatic nitrogens is 1. The molecule has 0 fully saturated rings. The topological polar surface area (TPSA) is 50.2 Å². The molecule has 3 nitrogen and oxygen atoms in total. The number of hydrogen-bond donors (Lipinski definition) is 1. The van der Waals surface area contributed by atoms with Crippen LogP contribution in [0.25, 0.3) is 0 Å². The molecule has 0 atom stereocenters. The Kier molecular flexibility index (Phi) is 4.62. The Bertz CT molecular complexity index is 646. The molecule has 0 spiro atoms. The third-order valence-corrected chi connectivity index (χ3v) is 3.82. The van der Waals surface area contributed by atoms with Crippen molar-refractivity contribution in [1.29, 1.82) is 0 Å². The fourth-order valence-corrected chi connectivity index (χ4v) is 2.56. The van der Waals surface area contributed by atoms with Crippen molar-refractivity contribution in [3.8, 4) is 5.75 Å². The van der Waals surface area contributed by atoms with Crippen molar-refractivity contribution in [2.45, 2.75) is 17.7 Å². The average Bonchev–Trinajstić information content (AvgIpc) is 2.41. The molecule has 0 aliphatic carbocycles. The first-order chi connectivity index (χ1) is 9.47. The summed E-state index contributed by atoms with van der Waals surface area (Å²) in [5.74, 6) is -0.802. The minimum Gasteiger partial charge on any atom is -0.507 e. The van der Waals surface area contributed by atoms with Gasteiger partial charge in [-0.2, -0.15) is 0 Å². The van der Waals surface area contributed by atoms with Crippen LogP contribution in [0.4, 0.5) is 4.39 Å². The quantitative estimate of drug-likeness (QED) is 0.683. The summed E-state index contributed by atoms with van der Waals surface area (Å²) in [6, 6.07) is 5.68. The molecule has 104 valence electrons. The number of rotatable bonds is 4. The predicted octanol–water partition coefficient (Wildman–Crippen LogP) is 4.07. The number of phenols is 1. The van der Waals surface area contributed by atoms with Gasteiger partial charge in [-0.15, -0.1) is 11.8 Å². The lowest BCUT2D eigenvalue weighted by Gasteiger charge is -2.08. The van der Waals surface area contributed by atoms with E-state index in [9.17, 15) is 14.3 Å². The molecule has 20 heavy (non-hydrogen) atoms. The molecule has 2 rings (SSSR count). The van der Waals surface area contributed by atoms with Crippen molar-refractivity contribution in [3.05, 3.63) is 52.4 Å². The molecule has 0 saturated carbocycles. The molecule has 0 saturated heterocycles. The van der Waals surface area contributed by atoms with Gasteiger partial charge in [-0.25, -0.2) is 9.37 Å².